The highest BCUT2D eigenvalue weighted by atomic mass is 16.3. The molecule has 2 heterocycles. The normalized spacial score (nSPS) is 11.2. The molecule has 0 spiro atoms. The number of aromatic nitrogens is 2. The molecule has 3 rings (SSSR count). The largest absolute Gasteiger partial charge is 0.456 e. The quantitative estimate of drug-likeness (QED) is 0.623. The van der Waals surface area contributed by atoms with Crippen molar-refractivity contribution >= 4 is 11.1 Å². The van der Waals surface area contributed by atoms with Crippen LogP contribution in [0, 0.1) is 20.8 Å². The molecular weight excluding hydrogens is 236 g/mol. The average molecular weight is 253 g/mol. The van der Waals surface area contributed by atoms with Gasteiger partial charge in [0, 0.05) is 11.6 Å². The molecule has 2 aromatic heterocycles. The molecule has 0 aliphatic rings. The van der Waals surface area contributed by atoms with Gasteiger partial charge in [0.1, 0.15) is 0 Å². The van der Waals surface area contributed by atoms with Gasteiger partial charge in [0.05, 0.1) is 13.3 Å². The van der Waals surface area contributed by atoms with Crippen LogP contribution in [0.3, 0.4) is 0 Å². The van der Waals surface area contributed by atoms with Gasteiger partial charge in [-0.15, -0.1) is 0 Å². The van der Waals surface area contributed by atoms with E-state index in [1.165, 1.54) is 22.3 Å². The molecule has 1 aromatic carbocycles. The molecule has 0 atom stereocenters. The van der Waals surface area contributed by atoms with E-state index in [4.69, 9.17) is 4.42 Å². The van der Waals surface area contributed by atoms with Crippen molar-refractivity contribution in [2.45, 2.75) is 20.8 Å². The van der Waals surface area contributed by atoms with Crippen LogP contribution in [-0.4, -0.2) is 4.98 Å². The number of fused-ring (bicyclic) bond motifs is 1. The lowest BCUT2D eigenvalue weighted by Crippen LogP contribution is -2.31. The van der Waals surface area contributed by atoms with Gasteiger partial charge in [-0.3, -0.25) is 0 Å². The predicted molar refractivity (Wildman–Crippen MR) is 74.8 cm³/mol. The molecule has 3 aromatic rings. The van der Waals surface area contributed by atoms with E-state index in [0.717, 1.165) is 16.8 Å². The van der Waals surface area contributed by atoms with E-state index in [1.54, 1.807) is 6.26 Å². The van der Waals surface area contributed by atoms with Crippen molar-refractivity contribution < 1.29 is 8.98 Å². The average Bonchev–Trinajstić information content (AvgIpc) is 2.82. The number of hydrogen-bond donors (Lipinski definition) is 0. The van der Waals surface area contributed by atoms with E-state index in [2.05, 4.69) is 37.9 Å². The molecule has 0 radical (unpaired) electrons. The Bertz CT molecular complexity index is 772. The molecule has 0 saturated heterocycles. The van der Waals surface area contributed by atoms with Gasteiger partial charge in [-0.05, 0) is 42.9 Å². The maximum atomic E-state index is 5.64. The summed E-state index contributed by atoms with van der Waals surface area (Å²) in [7, 11) is 2.00. The van der Waals surface area contributed by atoms with Crippen LogP contribution in [0.15, 0.2) is 35.2 Å². The summed E-state index contributed by atoms with van der Waals surface area (Å²) in [5, 5.41) is 0. The van der Waals surface area contributed by atoms with Gasteiger partial charge in [-0.1, -0.05) is 11.6 Å². The second-order valence-corrected chi connectivity index (χ2v) is 5.09. The van der Waals surface area contributed by atoms with Gasteiger partial charge in [0.15, 0.2) is 5.69 Å². The maximum Gasteiger partial charge on any atom is 0.287 e. The lowest BCUT2D eigenvalue weighted by atomic mass is 9.97. The van der Waals surface area contributed by atoms with Crippen LogP contribution in [0.2, 0.25) is 0 Å². The Morgan fingerprint density at radius 3 is 2.74 bits per heavy atom. The summed E-state index contributed by atoms with van der Waals surface area (Å²) in [4.78, 5) is 4.37. The van der Waals surface area contributed by atoms with E-state index in [-0.39, 0.29) is 0 Å². The summed E-state index contributed by atoms with van der Waals surface area (Å²) in [6.45, 7) is 6.42. The van der Waals surface area contributed by atoms with E-state index < -0.39 is 0 Å². The minimum Gasteiger partial charge on any atom is -0.456 e. The highest BCUT2D eigenvalue weighted by Crippen LogP contribution is 2.29. The molecule has 0 aliphatic heterocycles. The Balaban J connectivity index is 2.42. The fourth-order valence-electron chi connectivity index (χ4n) is 2.55. The van der Waals surface area contributed by atoms with Crippen LogP contribution in [0.4, 0.5) is 0 Å². The smallest absolute Gasteiger partial charge is 0.287 e. The van der Waals surface area contributed by atoms with E-state index >= 15 is 0 Å². The van der Waals surface area contributed by atoms with Crippen molar-refractivity contribution in [3.05, 3.63) is 47.5 Å². The number of benzene rings is 1. The SMILES string of the molecule is Cc1cc(C)c(C)c(-c2c3occc3nc[n+]2C)c1. The maximum absolute atomic E-state index is 5.64. The lowest BCUT2D eigenvalue weighted by molar-refractivity contribution is -0.662. The minimum atomic E-state index is 0.845. The number of rotatable bonds is 1. The summed E-state index contributed by atoms with van der Waals surface area (Å²) in [5.74, 6) is 0. The van der Waals surface area contributed by atoms with Crippen molar-refractivity contribution in [1.29, 1.82) is 0 Å². The summed E-state index contributed by atoms with van der Waals surface area (Å²) in [6.07, 6.45) is 3.53. The molecular formula is C16H17N2O+. The van der Waals surface area contributed by atoms with Crippen LogP contribution >= 0.6 is 0 Å². The van der Waals surface area contributed by atoms with Gasteiger partial charge in [-0.25, -0.2) is 4.57 Å². The molecule has 0 N–H and O–H groups in total. The summed E-state index contributed by atoms with van der Waals surface area (Å²) < 4.78 is 7.66. The number of furan rings is 1. The van der Waals surface area contributed by atoms with Crippen LogP contribution in [0.5, 0.6) is 0 Å². The molecule has 19 heavy (non-hydrogen) atoms. The first-order valence-electron chi connectivity index (χ1n) is 6.38. The first-order valence-corrected chi connectivity index (χ1v) is 6.38. The monoisotopic (exact) mass is 253 g/mol. The summed E-state index contributed by atoms with van der Waals surface area (Å²) in [5.41, 5.74) is 7.87. The van der Waals surface area contributed by atoms with E-state index in [1.807, 2.05) is 24.0 Å². The minimum absolute atomic E-state index is 0.845. The van der Waals surface area contributed by atoms with Gasteiger partial charge in [-0.2, -0.15) is 0 Å². The standard InChI is InChI=1S/C16H17N2O/c1-10-7-11(2)12(3)13(8-10)15-16-14(5-6-19-16)17-9-18(15)4/h5-9H,1-4H3/q+1. The van der Waals surface area contributed by atoms with Gasteiger partial charge >= 0.3 is 0 Å². The Morgan fingerprint density at radius 2 is 1.95 bits per heavy atom. The van der Waals surface area contributed by atoms with Crippen molar-refractivity contribution in [3.8, 4) is 11.3 Å². The first kappa shape index (κ1) is 11.9. The molecule has 0 fully saturated rings. The third-order valence-electron chi connectivity index (χ3n) is 3.65. The highest BCUT2D eigenvalue weighted by molar-refractivity contribution is 5.86. The summed E-state index contributed by atoms with van der Waals surface area (Å²) in [6, 6.07) is 6.32. The van der Waals surface area contributed by atoms with Crippen LogP contribution in [-0.2, 0) is 7.05 Å². The zero-order valence-electron chi connectivity index (χ0n) is 11.7. The Labute approximate surface area is 112 Å². The summed E-state index contributed by atoms with van der Waals surface area (Å²) >= 11 is 0. The number of aryl methyl sites for hydroxylation is 3. The topological polar surface area (TPSA) is 29.9 Å². The van der Waals surface area contributed by atoms with Crippen molar-refractivity contribution in [2.24, 2.45) is 7.05 Å². The van der Waals surface area contributed by atoms with Crippen molar-refractivity contribution in [1.82, 2.24) is 4.98 Å². The molecule has 0 amide bonds. The molecule has 0 aliphatic carbocycles. The highest BCUT2D eigenvalue weighted by Gasteiger charge is 2.20. The third kappa shape index (κ3) is 1.82. The second kappa shape index (κ2) is 4.19. The zero-order chi connectivity index (χ0) is 13.6. The first-order chi connectivity index (χ1) is 9.08. The Kier molecular flexibility index (Phi) is 2.63. The molecule has 0 bridgehead atoms. The Morgan fingerprint density at radius 1 is 1.16 bits per heavy atom. The number of hydrogen-bond acceptors (Lipinski definition) is 2. The third-order valence-corrected chi connectivity index (χ3v) is 3.65. The van der Waals surface area contributed by atoms with Crippen molar-refractivity contribution in [2.75, 3.05) is 0 Å². The van der Waals surface area contributed by atoms with Gasteiger partial charge < -0.3 is 4.42 Å². The van der Waals surface area contributed by atoms with Crippen LogP contribution in [0.25, 0.3) is 22.4 Å². The Hall–Kier alpha value is -2.16. The lowest BCUT2D eigenvalue weighted by Gasteiger charge is -2.10. The van der Waals surface area contributed by atoms with Crippen LogP contribution < -0.4 is 4.57 Å². The zero-order valence-corrected chi connectivity index (χ0v) is 11.7. The molecule has 3 nitrogen and oxygen atoms in total. The molecule has 0 unspecified atom stereocenters. The van der Waals surface area contributed by atoms with Gasteiger partial charge in [0.2, 0.25) is 11.1 Å². The molecule has 0 saturated carbocycles. The van der Waals surface area contributed by atoms with E-state index in [9.17, 15) is 0 Å². The van der Waals surface area contributed by atoms with Gasteiger partial charge in [0.25, 0.3) is 6.33 Å². The molecule has 3 heteroatoms. The fraction of sp³-hybridized carbons (Fsp3) is 0.250. The van der Waals surface area contributed by atoms with Crippen molar-refractivity contribution in [3.63, 3.8) is 0 Å². The predicted octanol–water partition coefficient (Wildman–Crippen LogP) is 3.24. The van der Waals surface area contributed by atoms with Crippen LogP contribution in [0.1, 0.15) is 16.7 Å². The fourth-order valence-corrected chi connectivity index (χ4v) is 2.55. The molecule has 96 valence electrons. The van der Waals surface area contributed by atoms with E-state index in [0.29, 0.717) is 0 Å². The number of nitrogens with zero attached hydrogens (tertiary/aromatic N) is 2. The second-order valence-electron chi connectivity index (χ2n) is 5.09.